The molecule has 0 radical (unpaired) electrons. The summed E-state index contributed by atoms with van der Waals surface area (Å²) in [5.41, 5.74) is 1.12. The van der Waals surface area contributed by atoms with Crippen molar-refractivity contribution in [3.63, 3.8) is 0 Å². The van der Waals surface area contributed by atoms with Crippen LogP contribution >= 0.6 is 15.9 Å². The molecule has 1 saturated heterocycles. The van der Waals surface area contributed by atoms with Crippen LogP contribution in [0.3, 0.4) is 0 Å². The molecule has 0 N–H and O–H groups in total. The van der Waals surface area contributed by atoms with Crippen LogP contribution in [0.4, 0.5) is 0 Å². The summed E-state index contributed by atoms with van der Waals surface area (Å²) in [6.45, 7) is 0.865. The lowest BCUT2D eigenvalue weighted by Gasteiger charge is -2.19. The van der Waals surface area contributed by atoms with E-state index in [0.29, 0.717) is 0 Å². The number of amides is 1. The van der Waals surface area contributed by atoms with Gasteiger partial charge in [-0.2, -0.15) is 0 Å². The number of nitrogens with zero attached hydrogens (tertiary/aromatic N) is 2. The van der Waals surface area contributed by atoms with Crippen LogP contribution in [-0.4, -0.2) is 22.8 Å². The van der Waals surface area contributed by atoms with Gasteiger partial charge in [0, 0.05) is 12.7 Å². The second-order valence-electron chi connectivity index (χ2n) is 3.42. The van der Waals surface area contributed by atoms with Crippen molar-refractivity contribution in [2.24, 2.45) is 0 Å². The zero-order valence-electron chi connectivity index (χ0n) is 7.69. The zero-order valence-corrected chi connectivity index (χ0v) is 9.27. The van der Waals surface area contributed by atoms with Crippen LogP contribution < -0.4 is 0 Å². The van der Waals surface area contributed by atoms with Crippen LogP contribution in [0, 0.1) is 0 Å². The SMILES string of the molecule is O=CN1CCCC1c1ccc(Br)nc1. The van der Waals surface area contributed by atoms with Gasteiger partial charge in [0.05, 0.1) is 6.04 Å². The Morgan fingerprint density at radius 3 is 3.07 bits per heavy atom. The Labute approximate surface area is 91.3 Å². The summed E-state index contributed by atoms with van der Waals surface area (Å²) >= 11 is 3.29. The van der Waals surface area contributed by atoms with E-state index in [-0.39, 0.29) is 6.04 Å². The molecule has 2 heterocycles. The van der Waals surface area contributed by atoms with Crippen molar-refractivity contribution in [1.82, 2.24) is 9.88 Å². The fourth-order valence-corrected chi connectivity index (χ4v) is 2.09. The lowest BCUT2D eigenvalue weighted by molar-refractivity contribution is -0.118. The normalized spacial score (nSPS) is 21.2. The summed E-state index contributed by atoms with van der Waals surface area (Å²) < 4.78 is 0.830. The maximum Gasteiger partial charge on any atom is 0.210 e. The Balaban J connectivity index is 2.21. The molecule has 0 spiro atoms. The molecule has 1 aromatic rings. The topological polar surface area (TPSA) is 33.2 Å². The molecule has 2 rings (SSSR count). The molecule has 3 nitrogen and oxygen atoms in total. The number of likely N-dealkylation sites (tertiary alicyclic amines) is 1. The highest BCUT2D eigenvalue weighted by Crippen LogP contribution is 2.30. The smallest absolute Gasteiger partial charge is 0.210 e. The second kappa shape index (κ2) is 4.09. The zero-order chi connectivity index (χ0) is 9.97. The number of hydrogen-bond donors (Lipinski definition) is 0. The van der Waals surface area contributed by atoms with E-state index in [9.17, 15) is 4.79 Å². The first kappa shape index (κ1) is 9.65. The summed E-state index contributed by atoms with van der Waals surface area (Å²) in [7, 11) is 0. The van der Waals surface area contributed by atoms with E-state index in [4.69, 9.17) is 0 Å². The molecule has 4 heteroatoms. The molecular weight excluding hydrogens is 244 g/mol. The van der Waals surface area contributed by atoms with E-state index in [1.54, 1.807) is 0 Å². The summed E-state index contributed by atoms with van der Waals surface area (Å²) in [5, 5.41) is 0. The number of carbonyl (C=O) groups excluding carboxylic acids is 1. The van der Waals surface area contributed by atoms with Crippen LogP contribution in [0.5, 0.6) is 0 Å². The minimum atomic E-state index is 0.230. The molecule has 0 aliphatic carbocycles. The van der Waals surface area contributed by atoms with E-state index in [1.165, 1.54) is 0 Å². The molecule has 0 bridgehead atoms. The Bertz CT molecular complexity index is 325. The number of carbonyl (C=O) groups is 1. The number of hydrogen-bond acceptors (Lipinski definition) is 2. The van der Waals surface area contributed by atoms with Gasteiger partial charge in [0.2, 0.25) is 6.41 Å². The highest BCUT2D eigenvalue weighted by atomic mass is 79.9. The Morgan fingerprint density at radius 2 is 2.43 bits per heavy atom. The maximum absolute atomic E-state index is 10.8. The maximum atomic E-state index is 10.8. The van der Waals surface area contributed by atoms with Gasteiger partial charge in [-0.15, -0.1) is 0 Å². The van der Waals surface area contributed by atoms with Crippen molar-refractivity contribution in [3.8, 4) is 0 Å². The predicted octanol–water partition coefficient (Wildman–Crippen LogP) is 2.14. The van der Waals surface area contributed by atoms with Gasteiger partial charge in [0.25, 0.3) is 0 Å². The van der Waals surface area contributed by atoms with Gasteiger partial charge < -0.3 is 4.90 Å². The number of aromatic nitrogens is 1. The first-order valence-electron chi connectivity index (χ1n) is 4.64. The van der Waals surface area contributed by atoms with E-state index >= 15 is 0 Å². The van der Waals surface area contributed by atoms with Gasteiger partial charge in [-0.3, -0.25) is 4.79 Å². The number of pyridine rings is 1. The number of halogens is 1. The largest absolute Gasteiger partial charge is 0.338 e. The van der Waals surface area contributed by atoms with Gasteiger partial charge in [-0.05, 0) is 40.4 Å². The van der Waals surface area contributed by atoms with E-state index in [1.807, 2.05) is 23.2 Å². The third-order valence-electron chi connectivity index (χ3n) is 2.56. The average molecular weight is 255 g/mol. The van der Waals surface area contributed by atoms with Crippen molar-refractivity contribution >= 4 is 22.3 Å². The molecule has 1 aliphatic rings. The summed E-state index contributed by atoms with van der Waals surface area (Å²) in [4.78, 5) is 16.8. The summed E-state index contributed by atoms with van der Waals surface area (Å²) in [6.07, 6.45) is 4.89. The van der Waals surface area contributed by atoms with Crippen molar-refractivity contribution in [3.05, 3.63) is 28.5 Å². The fourth-order valence-electron chi connectivity index (χ4n) is 1.86. The molecule has 1 aliphatic heterocycles. The van der Waals surface area contributed by atoms with Crippen LogP contribution in [0.15, 0.2) is 22.9 Å². The van der Waals surface area contributed by atoms with Crippen molar-refractivity contribution in [2.45, 2.75) is 18.9 Å². The monoisotopic (exact) mass is 254 g/mol. The molecule has 1 unspecified atom stereocenters. The fraction of sp³-hybridized carbons (Fsp3) is 0.400. The summed E-state index contributed by atoms with van der Waals surface area (Å²) in [6, 6.07) is 4.16. The molecule has 0 saturated carbocycles. The van der Waals surface area contributed by atoms with E-state index in [0.717, 1.165) is 36.0 Å². The van der Waals surface area contributed by atoms with Crippen molar-refractivity contribution in [2.75, 3.05) is 6.54 Å². The van der Waals surface area contributed by atoms with E-state index < -0.39 is 0 Å². The van der Waals surface area contributed by atoms with Gasteiger partial charge in [-0.1, -0.05) is 6.07 Å². The Kier molecular flexibility index (Phi) is 2.82. The van der Waals surface area contributed by atoms with Crippen LogP contribution in [-0.2, 0) is 4.79 Å². The standard InChI is InChI=1S/C10H11BrN2O/c11-10-4-3-8(6-12-10)9-2-1-5-13(9)7-14/h3-4,6-7,9H,1-2,5H2. The molecule has 1 aromatic heterocycles. The lowest BCUT2D eigenvalue weighted by Crippen LogP contribution is -2.21. The lowest BCUT2D eigenvalue weighted by atomic mass is 10.1. The van der Waals surface area contributed by atoms with Crippen molar-refractivity contribution < 1.29 is 4.79 Å². The molecule has 0 aromatic carbocycles. The quantitative estimate of drug-likeness (QED) is 0.599. The van der Waals surface area contributed by atoms with Gasteiger partial charge in [-0.25, -0.2) is 4.98 Å². The molecule has 1 fully saturated rings. The van der Waals surface area contributed by atoms with Gasteiger partial charge in [0.15, 0.2) is 0 Å². The molecule has 1 amide bonds. The third kappa shape index (κ3) is 1.80. The molecule has 74 valence electrons. The molecule has 1 atom stereocenters. The van der Waals surface area contributed by atoms with E-state index in [2.05, 4.69) is 20.9 Å². The third-order valence-corrected chi connectivity index (χ3v) is 3.03. The van der Waals surface area contributed by atoms with Crippen LogP contribution in [0.1, 0.15) is 24.4 Å². The van der Waals surface area contributed by atoms with Gasteiger partial charge in [0.1, 0.15) is 4.60 Å². The Morgan fingerprint density at radius 1 is 1.57 bits per heavy atom. The highest BCUT2D eigenvalue weighted by molar-refractivity contribution is 9.10. The summed E-state index contributed by atoms with van der Waals surface area (Å²) in [5.74, 6) is 0. The Hall–Kier alpha value is -0.900. The first-order valence-corrected chi connectivity index (χ1v) is 5.43. The predicted molar refractivity (Wildman–Crippen MR) is 56.7 cm³/mol. The molecule has 14 heavy (non-hydrogen) atoms. The van der Waals surface area contributed by atoms with Crippen molar-refractivity contribution in [1.29, 1.82) is 0 Å². The van der Waals surface area contributed by atoms with Crippen LogP contribution in [0.25, 0.3) is 0 Å². The van der Waals surface area contributed by atoms with Gasteiger partial charge >= 0.3 is 0 Å². The number of rotatable bonds is 2. The highest BCUT2D eigenvalue weighted by Gasteiger charge is 2.24. The molecular formula is C10H11BrN2O. The second-order valence-corrected chi connectivity index (χ2v) is 4.23. The average Bonchev–Trinajstić information content (AvgIpc) is 2.67. The minimum Gasteiger partial charge on any atom is -0.338 e. The minimum absolute atomic E-state index is 0.230. The first-order chi connectivity index (χ1) is 6.81. The van der Waals surface area contributed by atoms with Crippen LogP contribution in [0.2, 0.25) is 0 Å².